The third-order valence-electron chi connectivity index (χ3n) is 3.30. The van der Waals surface area contributed by atoms with E-state index in [2.05, 4.69) is 69.9 Å². The first-order valence-electron chi connectivity index (χ1n) is 6.53. The van der Waals surface area contributed by atoms with E-state index in [1.54, 1.807) is 0 Å². The molecule has 0 heterocycles. The molecular formula is C16H20BrN. The lowest BCUT2D eigenvalue weighted by Crippen LogP contribution is -2.35. The smallest absolute Gasteiger partial charge is 0.0303 e. The van der Waals surface area contributed by atoms with Gasteiger partial charge in [0.25, 0.3) is 0 Å². The first-order chi connectivity index (χ1) is 8.75. The van der Waals surface area contributed by atoms with E-state index in [0.717, 1.165) is 17.6 Å². The van der Waals surface area contributed by atoms with Crippen molar-refractivity contribution in [2.45, 2.75) is 31.8 Å². The number of halogens is 1. The minimum Gasteiger partial charge on any atom is -0.288 e. The third-order valence-corrected chi connectivity index (χ3v) is 3.55. The van der Waals surface area contributed by atoms with Gasteiger partial charge in [-0.25, -0.2) is 0 Å². The Labute approximate surface area is 118 Å². The van der Waals surface area contributed by atoms with Gasteiger partial charge in [0.2, 0.25) is 0 Å². The number of hydrogen-bond acceptors (Lipinski definition) is 1. The summed E-state index contributed by atoms with van der Waals surface area (Å²) in [5.74, 6) is 0. The van der Waals surface area contributed by atoms with Gasteiger partial charge in [0, 0.05) is 23.6 Å². The zero-order valence-electron chi connectivity index (χ0n) is 10.7. The van der Waals surface area contributed by atoms with Crippen molar-refractivity contribution in [3.8, 4) is 0 Å². The largest absolute Gasteiger partial charge is 0.288 e. The molecule has 0 saturated carbocycles. The van der Waals surface area contributed by atoms with Crippen molar-refractivity contribution < 1.29 is 0 Å². The highest BCUT2D eigenvalue weighted by Crippen LogP contribution is 2.20. The third kappa shape index (κ3) is 4.11. The van der Waals surface area contributed by atoms with Gasteiger partial charge in [0.05, 0.1) is 0 Å². The van der Waals surface area contributed by atoms with Crippen LogP contribution in [-0.2, 0) is 6.54 Å². The molecule has 0 N–H and O–H groups in total. The summed E-state index contributed by atoms with van der Waals surface area (Å²) in [7, 11) is 0. The summed E-state index contributed by atoms with van der Waals surface area (Å²) in [6.07, 6.45) is 8.43. The van der Waals surface area contributed by atoms with Crippen molar-refractivity contribution in [1.82, 2.24) is 4.90 Å². The summed E-state index contributed by atoms with van der Waals surface area (Å²) >= 11 is 3.49. The van der Waals surface area contributed by atoms with Gasteiger partial charge in [0.1, 0.15) is 0 Å². The Morgan fingerprint density at radius 1 is 1.33 bits per heavy atom. The molecule has 2 heteroatoms. The SMILES string of the molecule is C=C(Br)CN(Cc1ccccc1)C1C=CCCC1. The Bertz CT molecular complexity index is 410. The highest BCUT2D eigenvalue weighted by molar-refractivity contribution is 9.11. The summed E-state index contributed by atoms with van der Waals surface area (Å²) in [6.45, 7) is 5.88. The van der Waals surface area contributed by atoms with Crippen LogP contribution in [0.1, 0.15) is 24.8 Å². The molecule has 0 aromatic heterocycles. The summed E-state index contributed by atoms with van der Waals surface area (Å²) in [5.41, 5.74) is 1.37. The Balaban J connectivity index is 2.07. The second-order valence-corrected chi connectivity index (χ2v) is 5.96. The van der Waals surface area contributed by atoms with Crippen LogP contribution in [0, 0.1) is 0 Å². The number of hydrogen-bond donors (Lipinski definition) is 0. The number of rotatable bonds is 5. The fraction of sp³-hybridized carbons (Fsp3) is 0.375. The van der Waals surface area contributed by atoms with E-state index in [-0.39, 0.29) is 0 Å². The molecule has 96 valence electrons. The lowest BCUT2D eigenvalue weighted by atomic mass is 10.0. The van der Waals surface area contributed by atoms with Crippen LogP contribution in [0.5, 0.6) is 0 Å². The molecule has 1 aromatic rings. The zero-order valence-corrected chi connectivity index (χ0v) is 12.3. The minimum atomic E-state index is 0.549. The van der Waals surface area contributed by atoms with E-state index in [1.807, 2.05) is 0 Å². The maximum Gasteiger partial charge on any atom is 0.0303 e. The van der Waals surface area contributed by atoms with E-state index in [0.29, 0.717) is 6.04 Å². The van der Waals surface area contributed by atoms with Gasteiger partial charge in [-0.1, -0.05) is 65.0 Å². The van der Waals surface area contributed by atoms with Crippen molar-refractivity contribution in [1.29, 1.82) is 0 Å². The molecular weight excluding hydrogens is 286 g/mol. The molecule has 0 spiro atoms. The van der Waals surface area contributed by atoms with Gasteiger partial charge >= 0.3 is 0 Å². The van der Waals surface area contributed by atoms with E-state index in [4.69, 9.17) is 0 Å². The highest BCUT2D eigenvalue weighted by Gasteiger charge is 2.18. The summed E-state index contributed by atoms with van der Waals surface area (Å²) < 4.78 is 1.05. The highest BCUT2D eigenvalue weighted by atomic mass is 79.9. The molecule has 1 aliphatic carbocycles. The molecule has 18 heavy (non-hydrogen) atoms. The van der Waals surface area contributed by atoms with E-state index < -0.39 is 0 Å². The monoisotopic (exact) mass is 305 g/mol. The van der Waals surface area contributed by atoms with Crippen LogP contribution in [0.2, 0.25) is 0 Å². The summed E-state index contributed by atoms with van der Waals surface area (Å²) in [4.78, 5) is 2.49. The Kier molecular flexibility index (Phi) is 5.21. The number of allylic oxidation sites excluding steroid dienone is 1. The molecule has 0 amide bonds. The van der Waals surface area contributed by atoms with Gasteiger partial charge in [-0.2, -0.15) is 0 Å². The molecule has 0 aliphatic heterocycles. The Hall–Kier alpha value is -0.860. The fourth-order valence-corrected chi connectivity index (χ4v) is 2.75. The summed E-state index contributed by atoms with van der Waals surface area (Å²) in [6, 6.07) is 11.2. The van der Waals surface area contributed by atoms with Crippen LogP contribution >= 0.6 is 15.9 Å². The average Bonchev–Trinajstić information content (AvgIpc) is 2.40. The van der Waals surface area contributed by atoms with Crippen molar-refractivity contribution in [3.63, 3.8) is 0 Å². The van der Waals surface area contributed by atoms with E-state index >= 15 is 0 Å². The van der Waals surface area contributed by atoms with Gasteiger partial charge < -0.3 is 0 Å². The average molecular weight is 306 g/mol. The lowest BCUT2D eigenvalue weighted by molar-refractivity contribution is 0.226. The van der Waals surface area contributed by atoms with Crippen molar-refractivity contribution >= 4 is 15.9 Å². The van der Waals surface area contributed by atoms with Crippen LogP contribution in [0.3, 0.4) is 0 Å². The van der Waals surface area contributed by atoms with Crippen LogP contribution in [0.15, 0.2) is 53.5 Å². The molecule has 1 aromatic carbocycles. The summed E-state index contributed by atoms with van der Waals surface area (Å²) in [5, 5.41) is 0. The standard InChI is InChI=1S/C16H20BrN/c1-14(17)12-18(16-10-6-3-7-11-16)13-15-8-4-2-5-9-15/h2,4-6,8-10,16H,1,3,7,11-13H2. The second-order valence-electron chi connectivity index (χ2n) is 4.83. The zero-order chi connectivity index (χ0) is 12.8. The first kappa shape index (κ1) is 13.6. The molecule has 1 aliphatic rings. The van der Waals surface area contributed by atoms with Gasteiger partial charge in [-0.15, -0.1) is 0 Å². The predicted molar refractivity (Wildman–Crippen MR) is 81.7 cm³/mol. The molecule has 1 nitrogen and oxygen atoms in total. The normalized spacial score (nSPS) is 19.1. The molecule has 0 bridgehead atoms. The lowest BCUT2D eigenvalue weighted by Gasteiger charge is -2.31. The van der Waals surface area contributed by atoms with Crippen molar-refractivity contribution in [2.75, 3.05) is 6.54 Å². The number of nitrogens with zero attached hydrogens (tertiary/aromatic N) is 1. The van der Waals surface area contributed by atoms with Gasteiger partial charge in [-0.3, -0.25) is 4.90 Å². The Morgan fingerprint density at radius 3 is 2.72 bits per heavy atom. The van der Waals surface area contributed by atoms with Crippen molar-refractivity contribution in [3.05, 3.63) is 59.1 Å². The topological polar surface area (TPSA) is 3.24 Å². The van der Waals surface area contributed by atoms with Gasteiger partial charge in [0.15, 0.2) is 0 Å². The predicted octanol–water partition coefficient (Wildman–Crippen LogP) is 4.51. The van der Waals surface area contributed by atoms with Crippen LogP contribution in [0.4, 0.5) is 0 Å². The minimum absolute atomic E-state index is 0.549. The van der Waals surface area contributed by atoms with Crippen LogP contribution < -0.4 is 0 Å². The van der Waals surface area contributed by atoms with Crippen molar-refractivity contribution in [2.24, 2.45) is 0 Å². The quantitative estimate of drug-likeness (QED) is 0.724. The first-order valence-corrected chi connectivity index (χ1v) is 7.33. The maximum atomic E-state index is 3.98. The fourth-order valence-electron chi connectivity index (χ4n) is 2.43. The van der Waals surface area contributed by atoms with E-state index in [9.17, 15) is 0 Å². The van der Waals surface area contributed by atoms with Crippen LogP contribution in [-0.4, -0.2) is 17.5 Å². The second kappa shape index (κ2) is 6.91. The van der Waals surface area contributed by atoms with Crippen LogP contribution in [0.25, 0.3) is 0 Å². The molecule has 0 radical (unpaired) electrons. The molecule has 0 saturated heterocycles. The molecule has 1 atom stereocenters. The molecule has 1 unspecified atom stereocenters. The van der Waals surface area contributed by atoms with Gasteiger partial charge in [-0.05, 0) is 24.8 Å². The maximum absolute atomic E-state index is 3.98. The molecule has 2 rings (SSSR count). The van der Waals surface area contributed by atoms with E-state index in [1.165, 1.54) is 24.8 Å². The Morgan fingerprint density at radius 2 is 2.11 bits per heavy atom. The number of benzene rings is 1. The molecule has 0 fully saturated rings.